The Balaban J connectivity index is 1.97. The van der Waals surface area contributed by atoms with E-state index in [1.165, 1.54) is 37.1 Å². The molecule has 0 aromatic carbocycles. The first kappa shape index (κ1) is 12.2. The molecule has 1 atom stereocenters. The number of halogens is 1. The van der Waals surface area contributed by atoms with E-state index in [9.17, 15) is 0 Å². The van der Waals surface area contributed by atoms with Crippen LogP contribution in [0.3, 0.4) is 0 Å². The van der Waals surface area contributed by atoms with Gasteiger partial charge in [0.15, 0.2) is 0 Å². The molecule has 1 aliphatic carbocycles. The van der Waals surface area contributed by atoms with Gasteiger partial charge in [0, 0.05) is 18.5 Å². The molecule has 0 radical (unpaired) electrons. The van der Waals surface area contributed by atoms with Crippen molar-refractivity contribution in [2.45, 2.75) is 51.5 Å². The fourth-order valence-electron chi connectivity index (χ4n) is 3.48. The smallest absolute Gasteiger partial charge is 0.222 e. The molecular formula is C14H20ClN3. The summed E-state index contributed by atoms with van der Waals surface area (Å²) in [5.41, 5.74) is 2.39. The number of hydrogen-bond donors (Lipinski definition) is 0. The fraction of sp³-hybridized carbons (Fsp3) is 0.714. The molecule has 1 unspecified atom stereocenters. The van der Waals surface area contributed by atoms with Crippen LogP contribution in [0.25, 0.3) is 0 Å². The van der Waals surface area contributed by atoms with Crippen molar-refractivity contribution in [2.75, 3.05) is 11.4 Å². The molecule has 1 aliphatic heterocycles. The van der Waals surface area contributed by atoms with Gasteiger partial charge in [0.25, 0.3) is 0 Å². The third kappa shape index (κ3) is 1.99. The summed E-state index contributed by atoms with van der Waals surface area (Å²) in [7, 11) is 0. The van der Waals surface area contributed by atoms with Crippen molar-refractivity contribution in [2.24, 2.45) is 5.92 Å². The van der Waals surface area contributed by atoms with Crippen LogP contribution in [0.1, 0.15) is 51.1 Å². The summed E-state index contributed by atoms with van der Waals surface area (Å²) in [6.07, 6.45) is 7.34. The van der Waals surface area contributed by atoms with Gasteiger partial charge in [-0.2, -0.15) is 0 Å². The van der Waals surface area contributed by atoms with E-state index in [0.29, 0.717) is 17.2 Å². The van der Waals surface area contributed by atoms with Gasteiger partial charge in [0.05, 0.1) is 17.6 Å². The van der Waals surface area contributed by atoms with Crippen LogP contribution in [0.4, 0.5) is 5.69 Å². The Bertz CT molecular complexity index is 441. The monoisotopic (exact) mass is 265 g/mol. The minimum atomic E-state index is 0.391. The predicted octanol–water partition coefficient (Wildman–Crippen LogP) is 3.63. The van der Waals surface area contributed by atoms with Gasteiger partial charge >= 0.3 is 0 Å². The summed E-state index contributed by atoms with van der Waals surface area (Å²) < 4.78 is 0. The van der Waals surface area contributed by atoms with Crippen LogP contribution < -0.4 is 4.90 Å². The van der Waals surface area contributed by atoms with Crippen LogP contribution in [-0.4, -0.2) is 22.6 Å². The van der Waals surface area contributed by atoms with Crippen molar-refractivity contribution < 1.29 is 0 Å². The number of aromatic nitrogens is 2. The zero-order valence-electron chi connectivity index (χ0n) is 11.1. The topological polar surface area (TPSA) is 29.0 Å². The Morgan fingerprint density at radius 3 is 2.72 bits per heavy atom. The molecule has 18 heavy (non-hydrogen) atoms. The van der Waals surface area contributed by atoms with Gasteiger partial charge in [-0.25, -0.2) is 9.97 Å². The van der Waals surface area contributed by atoms with Crippen molar-refractivity contribution in [1.82, 2.24) is 9.97 Å². The van der Waals surface area contributed by atoms with E-state index in [2.05, 4.69) is 28.7 Å². The molecule has 0 spiro atoms. The number of rotatable bonds is 2. The largest absolute Gasteiger partial charge is 0.366 e. The van der Waals surface area contributed by atoms with Gasteiger partial charge in [-0.15, -0.1) is 0 Å². The second-order valence-corrected chi connectivity index (χ2v) is 6.14. The lowest BCUT2D eigenvalue weighted by Crippen LogP contribution is -2.30. The Morgan fingerprint density at radius 1 is 1.33 bits per heavy atom. The fourth-order valence-corrected chi connectivity index (χ4v) is 3.62. The first-order valence-electron chi connectivity index (χ1n) is 6.96. The second kappa shape index (κ2) is 4.69. The van der Waals surface area contributed by atoms with Gasteiger partial charge in [0.2, 0.25) is 5.28 Å². The lowest BCUT2D eigenvalue weighted by atomic mass is 9.89. The molecule has 3 rings (SSSR count). The Kier molecular flexibility index (Phi) is 3.18. The van der Waals surface area contributed by atoms with E-state index in [-0.39, 0.29) is 0 Å². The Morgan fingerprint density at radius 2 is 2.06 bits per heavy atom. The second-order valence-electron chi connectivity index (χ2n) is 5.81. The molecule has 1 aromatic heterocycles. The third-order valence-electron chi connectivity index (χ3n) is 4.41. The molecule has 1 aromatic rings. The lowest BCUT2D eigenvalue weighted by molar-refractivity contribution is 0.437. The van der Waals surface area contributed by atoms with E-state index in [1.807, 2.05) is 6.20 Å². The highest BCUT2D eigenvalue weighted by Crippen LogP contribution is 2.45. The average molecular weight is 266 g/mol. The number of anilines is 1. The van der Waals surface area contributed by atoms with E-state index in [1.54, 1.807) is 0 Å². The molecule has 0 amide bonds. The van der Waals surface area contributed by atoms with E-state index in [0.717, 1.165) is 12.5 Å². The Hall–Kier alpha value is -0.830. The Labute approximate surface area is 114 Å². The predicted molar refractivity (Wildman–Crippen MR) is 74.2 cm³/mol. The van der Waals surface area contributed by atoms with Gasteiger partial charge in [-0.3, -0.25) is 0 Å². The lowest BCUT2D eigenvalue weighted by Gasteiger charge is -2.25. The number of nitrogens with zero attached hydrogens (tertiary/aromatic N) is 3. The average Bonchev–Trinajstić information content (AvgIpc) is 2.93. The maximum absolute atomic E-state index is 5.98. The molecule has 1 saturated carbocycles. The highest BCUT2D eigenvalue weighted by Gasteiger charge is 2.37. The first-order valence-corrected chi connectivity index (χ1v) is 7.33. The summed E-state index contributed by atoms with van der Waals surface area (Å²) in [6, 6.07) is 0.500. The normalized spacial score (nSPS) is 24.0. The van der Waals surface area contributed by atoms with E-state index in [4.69, 9.17) is 11.6 Å². The zero-order chi connectivity index (χ0) is 12.7. The minimum absolute atomic E-state index is 0.391. The van der Waals surface area contributed by atoms with Crippen molar-refractivity contribution in [3.05, 3.63) is 17.2 Å². The van der Waals surface area contributed by atoms with Gasteiger partial charge < -0.3 is 4.90 Å². The van der Waals surface area contributed by atoms with Gasteiger partial charge in [0.1, 0.15) is 0 Å². The molecule has 1 fully saturated rings. The van der Waals surface area contributed by atoms with Gasteiger partial charge in [-0.1, -0.05) is 12.8 Å². The van der Waals surface area contributed by atoms with Crippen molar-refractivity contribution in [3.63, 3.8) is 0 Å². The maximum Gasteiger partial charge on any atom is 0.222 e. The first-order chi connectivity index (χ1) is 8.66. The van der Waals surface area contributed by atoms with Crippen molar-refractivity contribution >= 4 is 17.3 Å². The van der Waals surface area contributed by atoms with Crippen molar-refractivity contribution in [3.8, 4) is 0 Å². The maximum atomic E-state index is 5.98. The molecular weight excluding hydrogens is 246 g/mol. The summed E-state index contributed by atoms with van der Waals surface area (Å²) in [5.74, 6) is 1.35. The highest BCUT2D eigenvalue weighted by molar-refractivity contribution is 6.28. The minimum Gasteiger partial charge on any atom is -0.366 e. The molecule has 3 nitrogen and oxygen atoms in total. The summed E-state index contributed by atoms with van der Waals surface area (Å²) in [6.45, 7) is 5.55. The molecule has 0 bridgehead atoms. The van der Waals surface area contributed by atoms with Crippen LogP contribution in [0.5, 0.6) is 0 Å². The number of hydrogen-bond acceptors (Lipinski definition) is 3. The van der Waals surface area contributed by atoms with Gasteiger partial charge in [-0.05, 0) is 44.2 Å². The quantitative estimate of drug-likeness (QED) is 0.765. The van der Waals surface area contributed by atoms with Crippen LogP contribution in [0, 0.1) is 5.92 Å². The molecule has 2 heterocycles. The molecule has 0 saturated heterocycles. The van der Waals surface area contributed by atoms with E-state index < -0.39 is 0 Å². The van der Waals surface area contributed by atoms with Crippen LogP contribution in [0.2, 0.25) is 5.28 Å². The van der Waals surface area contributed by atoms with Crippen LogP contribution >= 0.6 is 11.6 Å². The summed E-state index contributed by atoms with van der Waals surface area (Å²) in [5, 5.41) is 0.391. The zero-order valence-corrected chi connectivity index (χ0v) is 11.8. The summed E-state index contributed by atoms with van der Waals surface area (Å²) in [4.78, 5) is 11.1. The number of fused-ring (bicyclic) bond motifs is 1. The standard InChI is InChI=1S/C14H20ClN3/c1-9(2)18-8-11(10-5-3-4-6-10)13-12(18)7-16-14(15)17-13/h7,9-11H,3-6,8H2,1-2H3. The molecule has 0 N–H and O–H groups in total. The third-order valence-corrected chi connectivity index (χ3v) is 4.60. The molecule has 4 heteroatoms. The van der Waals surface area contributed by atoms with Crippen molar-refractivity contribution in [1.29, 1.82) is 0 Å². The molecule has 2 aliphatic rings. The van der Waals surface area contributed by atoms with Crippen LogP contribution in [0.15, 0.2) is 6.20 Å². The SMILES string of the molecule is CC(C)N1CC(C2CCCC2)c2nc(Cl)ncc21. The summed E-state index contributed by atoms with van der Waals surface area (Å²) >= 11 is 5.98. The van der Waals surface area contributed by atoms with Crippen LogP contribution in [-0.2, 0) is 0 Å². The highest BCUT2D eigenvalue weighted by atomic mass is 35.5. The van der Waals surface area contributed by atoms with E-state index >= 15 is 0 Å². The molecule has 98 valence electrons.